The third-order valence-electron chi connectivity index (χ3n) is 2.09. The molecule has 0 saturated carbocycles. The van der Waals surface area contributed by atoms with Gasteiger partial charge < -0.3 is 10.4 Å². The molecule has 0 heterocycles. The number of halogens is 1. The van der Waals surface area contributed by atoms with Crippen molar-refractivity contribution in [2.24, 2.45) is 0 Å². The predicted molar refractivity (Wildman–Crippen MR) is 62.9 cm³/mol. The first-order valence-electron chi connectivity index (χ1n) is 4.77. The van der Waals surface area contributed by atoms with Gasteiger partial charge in [-0.05, 0) is 24.6 Å². The monoisotopic (exact) mass is 223 g/mol. The molecule has 0 fully saturated rings. The van der Waals surface area contributed by atoms with Crippen LogP contribution in [0.2, 0.25) is 5.02 Å². The average molecular weight is 224 g/mol. The van der Waals surface area contributed by atoms with Crippen molar-refractivity contribution in [2.75, 3.05) is 0 Å². The van der Waals surface area contributed by atoms with E-state index >= 15 is 0 Å². The molecule has 1 rings (SSSR count). The fourth-order valence-corrected chi connectivity index (χ4v) is 1.40. The Morgan fingerprint density at radius 3 is 2.93 bits per heavy atom. The maximum Gasteiger partial charge on any atom is 0.134 e. The molecule has 0 aliphatic rings. The average Bonchev–Trinajstić information content (AvgIpc) is 2.20. The summed E-state index contributed by atoms with van der Waals surface area (Å²) in [6.07, 6.45) is 5.90. The molecule has 0 aliphatic carbocycles. The Bertz CT molecular complexity index is 370. The second-order valence-corrected chi connectivity index (χ2v) is 3.88. The van der Waals surface area contributed by atoms with Crippen molar-refractivity contribution in [1.82, 2.24) is 5.32 Å². The van der Waals surface area contributed by atoms with Crippen LogP contribution >= 0.6 is 11.6 Å². The van der Waals surface area contributed by atoms with Crippen LogP contribution in [0.5, 0.6) is 5.75 Å². The van der Waals surface area contributed by atoms with Crippen molar-refractivity contribution in [3.8, 4) is 18.1 Å². The number of phenols is 1. The van der Waals surface area contributed by atoms with Gasteiger partial charge >= 0.3 is 0 Å². The van der Waals surface area contributed by atoms with E-state index in [0.29, 0.717) is 18.0 Å². The molecule has 1 aromatic rings. The first-order valence-corrected chi connectivity index (χ1v) is 5.15. The van der Waals surface area contributed by atoms with E-state index in [1.165, 1.54) is 0 Å². The van der Waals surface area contributed by atoms with E-state index in [-0.39, 0.29) is 11.8 Å². The second kappa shape index (κ2) is 5.65. The first-order chi connectivity index (χ1) is 7.13. The topological polar surface area (TPSA) is 32.3 Å². The van der Waals surface area contributed by atoms with Gasteiger partial charge in [0.2, 0.25) is 0 Å². The van der Waals surface area contributed by atoms with Gasteiger partial charge in [0.15, 0.2) is 0 Å². The minimum absolute atomic E-state index is 0.108. The lowest BCUT2D eigenvalue weighted by molar-refractivity contribution is 0.475. The lowest BCUT2D eigenvalue weighted by Crippen LogP contribution is -2.24. The molecular weight excluding hydrogens is 210 g/mol. The quantitative estimate of drug-likeness (QED) is 0.769. The van der Waals surface area contributed by atoms with E-state index in [1.54, 1.807) is 12.1 Å². The highest BCUT2D eigenvalue weighted by Crippen LogP contribution is 2.23. The zero-order chi connectivity index (χ0) is 11.3. The molecular formula is C12H14ClNO. The Morgan fingerprint density at radius 2 is 2.33 bits per heavy atom. The molecule has 0 saturated heterocycles. The molecule has 1 unspecified atom stereocenters. The summed E-state index contributed by atoms with van der Waals surface area (Å²) in [5.74, 6) is 2.70. The van der Waals surface area contributed by atoms with Gasteiger partial charge in [-0.3, -0.25) is 0 Å². The van der Waals surface area contributed by atoms with Gasteiger partial charge in [-0.2, -0.15) is 0 Å². The second-order valence-electron chi connectivity index (χ2n) is 3.48. The van der Waals surface area contributed by atoms with Crippen molar-refractivity contribution < 1.29 is 5.11 Å². The van der Waals surface area contributed by atoms with E-state index in [9.17, 15) is 5.11 Å². The summed E-state index contributed by atoms with van der Waals surface area (Å²) in [5.41, 5.74) is 1.03. The summed E-state index contributed by atoms with van der Waals surface area (Å²) in [6.45, 7) is 2.73. The highest BCUT2D eigenvalue weighted by molar-refractivity contribution is 6.32. The third kappa shape index (κ3) is 3.83. The molecule has 0 radical (unpaired) electrons. The van der Waals surface area contributed by atoms with Crippen LogP contribution in [-0.4, -0.2) is 11.1 Å². The molecule has 3 heteroatoms. The molecule has 0 aliphatic heterocycles. The molecule has 1 atom stereocenters. The number of hydrogen-bond donors (Lipinski definition) is 2. The first kappa shape index (κ1) is 11.9. The summed E-state index contributed by atoms with van der Waals surface area (Å²) in [6, 6.07) is 5.44. The van der Waals surface area contributed by atoms with Crippen molar-refractivity contribution in [3.05, 3.63) is 28.8 Å². The third-order valence-corrected chi connectivity index (χ3v) is 2.39. The Balaban J connectivity index is 2.51. The van der Waals surface area contributed by atoms with Gasteiger partial charge in [-0.15, -0.1) is 12.3 Å². The SMILES string of the molecule is C#CCC(C)NCc1ccc(O)c(Cl)c1. The summed E-state index contributed by atoms with van der Waals surface area (Å²) in [5, 5.41) is 12.9. The Labute approximate surface area is 95.3 Å². The van der Waals surface area contributed by atoms with E-state index in [4.69, 9.17) is 18.0 Å². The van der Waals surface area contributed by atoms with Gasteiger partial charge in [-0.25, -0.2) is 0 Å². The Morgan fingerprint density at radius 1 is 1.60 bits per heavy atom. The van der Waals surface area contributed by atoms with Gasteiger partial charge in [0.05, 0.1) is 5.02 Å². The van der Waals surface area contributed by atoms with Crippen molar-refractivity contribution in [1.29, 1.82) is 0 Å². The van der Waals surface area contributed by atoms with Gasteiger partial charge in [0.25, 0.3) is 0 Å². The highest BCUT2D eigenvalue weighted by Gasteiger charge is 2.02. The van der Waals surface area contributed by atoms with Gasteiger partial charge in [-0.1, -0.05) is 17.7 Å². The van der Waals surface area contributed by atoms with E-state index in [1.807, 2.05) is 13.0 Å². The maximum absolute atomic E-state index is 9.23. The molecule has 15 heavy (non-hydrogen) atoms. The summed E-state index contributed by atoms with van der Waals surface area (Å²) in [4.78, 5) is 0. The number of terminal acetylenes is 1. The smallest absolute Gasteiger partial charge is 0.134 e. The molecule has 80 valence electrons. The number of aromatic hydroxyl groups is 1. The predicted octanol–water partition coefficient (Wildman–Crippen LogP) is 2.55. The van der Waals surface area contributed by atoms with Crippen LogP contribution in [0, 0.1) is 12.3 Å². The van der Waals surface area contributed by atoms with Crippen molar-refractivity contribution >= 4 is 11.6 Å². The summed E-state index contributed by atoms with van der Waals surface area (Å²) in [7, 11) is 0. The number of hydrogen-bond acceptors (Lipinski definition) is 2. The van der Waals surface area contributed by atoms with Crippen molar-refractivity contribution in [3.63, 3.8) is 0 Å². The van der Waals surface area contributed by atoms with Crippen molar-refractivity contribution in [2.45, 2.75) is 25.9 Å². The van der Waals surface area contributed by atoms with Crippen LogP contribution in [0.25, 0.3) is 0 Å². The largest absolute Gasteiger partial charge is 0.506 e. The molecule has 2 nitrogen and oxygen atoms in total. The fourth-order valence-electron chi connectivity index (χ4n) is 1.20. The standard InChI is InChI=1S/C12H14ClNO/c1-3-4-9(2)14-8-10-5-6-12(15)11(13)7-10/h1,5-7,9,14-15H,4,8H2,2H3. The zero-order valence-corrected chi connectivity index (χ0v) is 9.38. The molecule has 0 aromatic heterocycles. The number of rotatable bonds is 4. The number of phenolic OH excluding ortho intramolecular Hbond substituents is 1. The van der Waals surface area contributed by atoms with Crippen LogP contribution < -0.4 is 5.32 Å². The maximum atomic E-state index is 9.23. The molecule has 2 N–H and O–H groups in total. The molecule has 1 aromatic carbocycles. The molecule has 0 amide bonds. The van der Waals surface area contributed by atoms with Crippen LogP contribution in [-0.2, 0) is 6.54 Å². The van der Waals surface area contributed by atoms with Crippen LogP contribution in [0.15, 0.2) is 18.2 Å². The lowest BCUT2D eigenvalue weighted by atomic mass is 10.2. The van der Waals surface area contributed by atoms with E-state index < -0.39 is 0 Å². The number of nitrogens with one attached hydrogen (secondary N) is 1. The minimum atomic E-state index is 0.108. The van der Waals surface area contributed by atoms with E-state index in [0.717, 1.165) is 5.56 Å². The molecule has 0 bridgehead atoms. The van der Waals surface area contributed by atoms with Gasteiger partial charge in [0, 0.05) is 19.0 Å². The van der Waals surface area contributed by atoms with Crippen LogP contribution in [0.4, 0.5) is 0 Å². The summed E-state index contributed by atoms with van der Waals surface area (Å²) >= 11 is 5.78. The number of benzene rings is 1. The lowest BCUT2D eigenvalue weighted by Gasteiger charge is -2.11. The van der Waals surface area contributed by atoms with Crippen LogP contribution in [0.1, 0.15) is 18.9 Å². The highest BCUT2D eigenvalue weighted by atomic mass is 35.5. The zero-order valence-electron chi connectivity index (χ0n) is 8.63. The van der Waals surface area contributed by atoms with Crippen LogP contribution in [0.3, 0.4) is 0 Å². The van der Waals surface area contributed by atoms with E-state index in [2.05, 4.69) is 11.2 Å². The minimum Gasteiger partial charge on any atom is -0.506 e. The Kier molecular flexibility index (Phi) is 4.48. The normalized spacial score (nSPS) is 12.1. The fraction of sp³-hybridized carbons (Fsp3) is 0.333. The van der Waals surface area contributed by atoms with Gasteiger partial charge in [0.1, 0.15) is 5.75 Å². The molecule has 0 spiro atoms. The Hall–Kier alpha value is -1.17. The summed E-state index contributed by atoms with van der Waals surface area (Å²) < 4.78 is 0.